The quantitative estimate of drug-likeness (QED) is 0.0839. The number of methoxy groups -OCH3 is 1. The van der Waals surface area contributed by atoms with E-state index < -0.39 is 24.3 Å². The Labute approximate surface area is 353 Å². The molecule has 0 saturated carbocycles. The molecule has 9 heteroatoms. The minimum atomic E-state index is -0.817. The smallest absolute Gasteiger partial charge is 0.328 e. The average molecular weight is 804 g/mol. The maximum absolute atomic E-state index is 12.9. The first-order valence-electron chi connectivity index (χ1n) is 20.5. The van der Waals surface area contributed by atoms with Crippen molar-refractivity contribution >= 4 is 12.0 Å². The monoisotopic (exact) mass is 803 g/mol. The van der Waals surface area contributed by atoms with Crippen molar-refractivity contribution < 1.29 is 28.9 Å². The number of hydrogen-bond acceptors (Lipinski definition) is 7. The van der Waals surface area contributed by atoms with Gasteiger partial charge >= 0.3 is 12.0 Å². The maximum Gasteiger partial charge on any atom is 0.328 e. The van der Waals surface area contributed by atoms with Gasteiger partial charge in [0.15, 0.2) is 6.29 Å². The summed E-state index contributed by atoms with van der Waals surface area (Å²) in [5.41, 5.74) is 9.12. The Bertz CT molecular complexity index is 2210. The molecular formula is C51H53N3O6. The van der Waals surface area contributed by atoms with Gasteiger partial charge in [-0.15, -0.1) is 0 Å². The fourth-order valence-corrected chi connectivity index (χ4v) is 7.72. The molecule has 2 amide bonds. The Morgan fingerprint density at radius 2 is 1.25 bits per heavy atom. The minimum Gasteiger partial charge on any atom is -0.467 e. The first kappa shape index (κ1) is 42.0. The highest BCUT2D eigenvalue weighted by Gasteiger charge is 2.39. The van der Waals surface area contributed by atoms with Crippen LogP contribution in [0.5, 0.6) is 0 Å². The van der Waals surface area contributed by atoms with E-state index in [0.29, 0.717) is 13.0 Å². The van der Waals surface area contributed by atoms with E-state index in [4.69, 9.17) is 14.2 Å². The van der Waals surface area contributed by atoms with Gasteiger partial charge in [0.1, 0.15) is 6.04 Å². The fraction of sp³-hybridized carbons (Fsp3) is 0.255. The third-order valence-corrected chi connectivity index (χ3v) is 11.0. The van der Waals surface area contributed by atoms with E-state index in [0.717, 1.165) is 52.0 Å². The molecule has 9 nitrogen and oxygen atoms in total. The molecule has 308 valence electrons. The molecule has 0 radical (unpaired) electrons. The summed E-state index contributed by atoms with van der Waals surface area (Å²) in [6.07, 6.45) is -0.676. The van der Waals surface area contributed by atoms with Gasteiger partial charge < -0.3 is 30.0 Å². The first-order valence-corrected chi connectivity index (χ1v) is 20.5. The number of hydrogen-bond donors (Lipinski definition) is 3. The molecule has 6 aromatic rings. The molecule has 60 heavy (non-hydrogen) atoms. The fourth-order valence-electron chi connectivity index (χ4n) is 7.72. The van der Waals surface area contributed by atoms with Gasteiger partial charge in [0.2, 0.25) is 0 Å². The first-order chi connectivity index (χ1) is 29.3. The highest BCUT2D eigenvalue weighted by atomic mass is 16.7. The summed E-state index contributed by atoms with van der Waals surface area (Å²) in [7, 11) is 1.31. The third-order valence-electron chi connectivity index (χ3n) is 11.0. The van der Waals surface area contributed by atoms with E-state index >= 15 is 0 Å². The molecule has 0 aromatic heterocycles. The van der Waals surface area contributed by atoms with Crippen molar-refractivity contribution in [1.82, 2.24) is 15.5 Å². The summed E-state index contributed by atoms with van der Waals surface area (Å²) in [4.78, 5) is 27.8. The number of carbonyl (C=O) groups is 2. The molecule has 3 N–H and O–H groups in total. The summed E-state index contributed by atoms with van der Waals surface area (Å²) in [6.45, 7) is 4.71. The second-order valence-electron chi connectivity index (χ2n) is 15.4. The lowest BCUT2D eigenvalue weighted by Crippen LogP contribution is -2.47. The minimum absolute atomic E-state index is 0.0165. The molecule has 1 aliphatic heterocycles. The molecule has 6 aromatic carbocycles. The molecule has 1 fully saturated rings. The Kier molecular flexibility index (Phi) is 14.5. The van der Waals surface area contributed by atoms with Crippen molar-refractivity contribution in [2.45, 2.75) is 64.1 Å². The van der Waals surface area contributed by atoms with Gasteiger partial charge in [0.25, 0.3) is 0 Å². The van der Waals surface area contributed by atoms with Gasteiger partial charge in [-0.05, 0) is 50.6 Å². The summed E-state index contributed by atoms with van der Waals surface area (Å²) in [5.74, 6) is -0.475. The standard InChI is InChI=1S/C51H53N3O6/c1-36-47(34-54(32-38-15-8-4-9-16-38)33-39-17-10-5-11-18-39)59-50(60-48(36)43-23-21-40(35-55)22-24-43)44-27-25-42(26-28-44)45-20-12-19-41(29-45)31-52-51(57)53-46(49(56)58-2)30-37-13-6-3-7-14-37/h3-29,36,46-48,50,55H,30-35H2,1-2H3,(H2,52,53,57). The number of esters is 1. The predicted molar refractivity (Wildman–Crippen MR) is 233 cm³/mol. The van der Waals surface area contributed by atoms with Crippen LogP contribution in [0.3, 0.4) is 0 Å². The van der Waals surface area contributed by atoms with Crippen LogP contribution in [-0.2, 0) is 51.7 Å². The van der Waals surface area contributed by atoms with Crippen molar-refractivity contribution in [3.8, 4) is 11.1 Å². The summed E-state index contributed by atoms with van der Waals surface area (Å²) in [6, 6.07) is 53.6. The van der Waals surface area contributed by atoms with Gasteiger partial charge in [-0.3, -0.25) is 4.90 Å². The number of carbonyl (C=O) groups excluding carboxylic acids is 2. The Balaban J connectivity index is 1.06. The molecule has 5 atom stereocenters. The van der Waals surface area contributed by atoms with Crippen LogP contribution >= 0.6 is 0 Å². The van der Waals surface area contributed by atoms with Gasteiger partial charge in [-0.2, -0.15) is 0 Å². The zero-order valence-electron chi connectivity index (χ0n) is 34.2. The lowest BCUT2D eigenvalue weighted by Gasteiger charge is -2.43. The topological polar surface area (TPSA) is 109 Å². The molecule has 0 bridgehead atoms. The van der Waals surface area contributed by atoms with Gasteiger partial charge in [0.05, 0.1) is 25.9 Å². The summed E-state index contributed by atoms with van der Waals surface area (Å²) >= 11 is 0. The second kappa shape index (κ2) is 20.7. The predicted octanol–water partition coefficient (Wildman–Crippen LogP) is 8.92. The van der Waals surface area contributed by atoms with Crippen molar-refractivity contribution in [3.63, 3.8) is 0 Å². The number of aliphatic hydroxyl groups is 1. The van der Waals surface area contributed by atoms with E-state index in [9.17, 15) is 14.7 Å². The number of ether oxygens (including phenoxy) is 3. The second-order valence-corrected chi connectivity index (χ2v) is 15.4. The van der Waals surface area contributed by atoms with Crippen LogP contribution in [0, 0.1) is 5.92 Å². The van der Waals surface area contributed by atoms with Gasteiger partial charge in [-0.25, -0.2) is 9.59 Å². The molecule has 5 unspecified atom stereocenters. The van der Waals surface area contributed by atoms with E-state index in [2.05, 4.69) is 107 Å². The molecule has 0 aliphatic carbocycles. The molecule has 1 saturated heterocycles. The van der Waals surface area contributed by atoms with Crippen LogP contribution in [0.4, 0.5) is 4.79 Å². The van der Waals surface area contributed by atoms with Crippen molar-refractivity contribution in [3.05, 3.63) is 203 Å². The lowest BCUT2D eigenvalue weighted by atomic mass is 9.89. The van der Waals surface area contributed by atoms with Crippen LogP contribution in [-0.4, -0.2) is 47.8 Å². The molecule has 1 aliphatic rings. The zero-order chi connectivity index (χ0) is 41.7. The number of benzene rings is 6. The van der Waals surface area contributed by atoms with Crippen molar-refractivity contribution in [1.29, 1.82) is 0 Å². The molecular weight excluding hydrogens is 751 g/mol. The number of urea groups is 1. The van der Waals surface area contributed by atoms with Crippen LogP contribution < -0.4 is 10.6 Å². The summed E-state index contributed by atoms with van der Waals surface area (Å²) < 4.78 is 18.7. The van der Waals surface area contributed by atoms with Gasteiger partial charge in [0, 0.05) is 44.1 Å². The number of rotatable bonds is 16. The highest BCUT2D eigenvalue weighted by molar-refractivity contribution is 5.83. The van der Waals surface area contributed by atoms with Crippen LogP contribution in [0.25, 0.3) is 11.1 Å². The largest absolute Gasteiger partial charge is 0.467 e. The molecule has 0 spiro atoms. The van der Waals surface area contributed by atoms with Crippen molar-refractivity contribution in [2.75, 3.05) is 13.7 Å². The summed E-state index contributed by atoms with van der Waals surface area (Å²) in [5, 5.41) is 15.4. The van der Waals surface area contributed by atoms with Crippen LogP contribution in [0.15, 0.2) is 164 Å². The van der Waals surface area contributed by atoms with E-state index in [1.54, 1.807) is 0 Å². The van der Waals surface area contributed by atoms with E-state index in [1.807, 2.05) is 78.9 Å². The van der Waals surface area contributed by atoms with Gasteiger partial charge in [-0.1, -0.05) is 165 Å². The number of aliphatic hydroxyl groups excluding tert-OH is 1. The van der Waals surface area contributed by atoms with Crippen LogP contribution in [0.1, 0.15) is 58.3 Å². The number of amides is 2. The zero-order valence-corrected chi connectivity index (χ0v) is 34.2. The van der Waals surface area contributed by atoms with Crippen molar-refractivity contribution in [2.24, 2.45) is 5.92 Å². The van der Waals surface area contributed by atoms with E-state index in [1.165, 1.54) is 18.2 Å². The average Bonchev–Trinajstić information content (AvgIpc) is 3.29. The number of nitrogens with one attached hydrogen (secondary N) is 2. The number of nitrogens with zero attached hydrogens (tertiary/aromatic N) is 1. The maximum atomic E-state index is 12.9. The lowest BCUT2D eigenvalue weighted by molar-refractivity contribution is -0.276. The van der Waals surface area contributed by atoms with Crippen LogP contribution in [0.2, 0.25) is 0 Å². The van der Waals surface area contributed by atoms with E-state index in [-0.39, 0.29) is 31.3 Å². The molecule has 1 heterocycles. The Hall–Kier alpha value is -6.10. The Morgan fingerprint density at radius 1 is 0.667 bits per heavy atom. The molecule has 7 rings (SSSR count). The highest BCUT2D eigenvalue weighted by Crippen LogP contribution is 2.42. The normalized spacial score (nSPS) is 18.1. The third kappa shape index (κ3) is 11.3. The Morgan fingerprint density at radius 3 is 1.85 bits per heavy atom. The SMILES string of the molecule is COC(=O)C(Cc1ccccc1)NC(=O)NCc1cccc(-c2ccc(C3OC(CN(Cc4ccccc4)Cc4ccccc4)C(C)C(c4ccc(CO)cc4)O3)cc2)c1.